The molecule has 0 aromatic carbocycles. The number of hydrogen-bond donors (Lipinski definition) is 1. The fraction of sp³-hybridized carbons (Fsp3) is 0.375. The molecule has 0 aliphatic heterocycles. The van der Waals surface area contributed by atoms with Crippen LogP contribution in [0.3, 0.4) is 0 Å². The minimum absolute atomic E-state index is 0.339. The molecule has 12 heavy (non-hydrogen) atoms. The number of ether oxygens (including phenoxy) is 1. The van der Waals surface area contributed by atoms with E-state index in [-0.39, 0.29) is 5.97 Å². The molecule has 4 heteroatoms. The summed E-state index contributed by atoms with van der Waals surface area (Å²) in [6.45, 7) is 2.15. The van der Waals surface area contributed by atoms with Crippen molar-refractivity contribution in [3.8, 4) is 0 Å². The summed E-state index contributed by atoms with van der Waals surface area (Å²) in [7, 11) is 0. The van der Waals surface area contributed by atoms with Gasteiger partial charge in [0, 0.05) is 5.69 Å². The number of alkyl halides is 1. The summed E-state index contributed by atoms with van der Waals surface area (Å²) in [4.78, 5) is 13.9. The number of aromatic amines is 1. The number of rotatable bonds is 3. The molecule has 0 aliphatic carbocycles. The Morgan fingerprint density at radius 2 is 2.42 bits per heavy atom. The van der Waals surface area contributed by atoms with Gasteiger partial charge in [0.05, 0.1) is 12.5 Å². The van der Waals surface area contributed by atoms with Crippen LogP contribution in [0.25, 0.3) is 0 Å². The van der Waals surface area contributed by atoms with E-state index in [9.17, 15) is 4.79 Å². The molecule has 1 heterocycles. The molecule has 0 bridgehead atoms. The van der Waals surface area contributed by atoms with Crippen LogP contribution in [0.2, 0.25) is 0 Å². The van der Waals surface area contributed by atoms with Crippen LogP contribution in [0, 0.1) is 0 Å². The molecule has 0 atom stereocenters. The number of carbonyl (C=O) groups excluding carboxylic acids is 1. The Morgan fingerprint density at radius 3 is 2.92 bits per heavy atom. The van der Waals surface area contributed by atoms with Gasteiger partial charge < -0.3 is 9.72 Å². The van der Waals surface area contributed by atoms with Crippen molar-refractivity contribution >= 4 is 17.6 Å². The maximum Gasteiger partial charge on any atom is 0.354 e. The van der Waals surface area contributed by atoms with Gasteiger partial charge in [-0.3, -0.25) is 0 Å². The van der Waals surface area contributed by atoms with E-state index in [0.717, 1.165) is 5.69 Å². The summed E-state index contributed by atoms with van der Waals surface area (Å²) >= 11 is 5.54. The SMILES string of the molecule is CCOC(=O)c1ccc(CCl)[nH]1. The Balaban J connectivity index is 2.68. The maximum absolute atomic E-state index is 11.1. The van der Waals surface area contributed by atoms with Gasteiger partial charge in [0.2, 0.25) is 0 Å². The summed E-state index contributed by atoms with van der Waals surface area (Å²) in [6.07, 6.45) is 0. The Hall–Kier alpha value is -0.960. The first-order valence-electron chi connectivity index (χ1n) is 3.69. The zero-order valence-corrected chi connectivity index (χ0v) is 7.52. The lowest BCUT2D eigenvalue weighted by molar-refractivity contribution is 0.0520. The van der Waals surface area contributed by atoms with Crippen molar-refractivity contribution in [3.63, 3.8) is 0 Å². The van der Waals surface area contributed by atoms with E-state index in [1.54, 1.807) is 19.1 Å². The van der Waals surface area contributed by atoms with Gasteiger partial charge in [-0.15, -0.1) is 11.6 Å². The first-order valence-corrected chi connectivity index (χ1v) is 4.22. The molecule has 1 rings (SSSR count). The van der Waals surface area contributed by atoms with Crippen LogP contribution < -0.4 is 0 Å². The molecule has 1 N–H and O–H groups in total. The van der Waals surface area contributed by atoms with Gasteiger partial charge >= 0.3 is 5.97 Å². The minimum atomic E-state index is -0.339. The second-order valence-corrected chi connectivity index (χ2v) is 2.52. The first kappa shape index (κ1) is 9.13. The van der Waals surface area contributed by atoms with E-state index in [0.29, 0.717) is 18.2 Å². The number of carbonyl (C=O) groups is 1. The second kappa shape index (κ2) is 4.16. The lowest BCUT2D eigenvalue weighted by atomic mass is 10.4. The summed E-state index contributed by atoms with van der Waals surface area (Å²) in [5, 5.41) is 0. The molecule has 0 amide bonds. The molecule has 0 saturated carbocycles. The molecule has 0 saturated heterocycles. The summed E-state index contributed by atoms with van der Waals surface area (Å²) in [5.41, 5.74) is 1.27. The van der Waals surface area contributed by atoms with Gasteiger partial charge in [-0.2, -0.15) is 0 Å². The molecule has 1 aromatic rings. The zero-order chi connectivity index (χ0) is 8.97. The van der Waals surface area contributed by atoms with E-state index in [1.165, 1.54) is 0 Å². The lowest BCUT2D eigenvalue weighted by Gasteiger charge is -1.97. The van der Waals surface area contributed by atoms with Gasteiger partial charge in [0.15, 0.2) is 0 Å². The van der Waals surface area contributed by atoms with E-state index < -0.39 is 0 Å². The molecule has 3 nitrogen and oxygen atoms in total. The van der Waals surface area contributed by atoms with Crippen molar-refractivity contribution in [2.45, 2.75) is 12.8 Å². The van der Waals surface area contributed by atoms with Gasteiger partial charge in [-0.1, -0.05) is 0 Å². The van der Waals surface area contributed by atoms with Gasteiger partial charge in [-0.25, -0.2) is 4.79 Å². The summed E-state index contributed by atoms with van der Waals surface area (Å²) < 4.78 is 4.77. The number of halogens is 1. The van der Waals surface area contributed by atoms with Crippen LogP contribution in [0.4, 0.5) is 0 Å². The summed E-state index contributed by atoms with van der Waals surface area (Å²) in [6, 6.07) is 3.43. The lowest BCUT2D eigenvalue weighted by Crippen LogP contribution is -2.04. The Bertz CT molecular complexity index is 270. The topological polar surface area (TPSA) is 42.1 Å². The number of nitrogens with one attached hydrogen (secondary N) is 1. The molecule has 1 aromatic heterocycles. The van der Waals surface area contributed by atoms with Gasteiger partial charge in [0.25, 0.3) is 0 Å². The van der Waals surface area contributed by atoms with E-state index in [4.69, 9.17) is 16.3 Å². The highest BCUT2D eigenvalue weighted by atomic mass is 35.5. The minimum Gasteiger partial charge on any atom is -0.461 e. The maximum atomic E-state index is 11.1. The van der Waals surface area contributed by atoms with Gasteiger partial charge in [0.1, 0.15) is 5.69 Å². The fourth-order valence-electron chi connectivity index (χ4n) is 0.846. The first-order chi connectivity index (χ1) is 5.77. The average molecular weight is 188 g/mol. The third-order valence-electron chi connectivity index (χ3n) is 1.39. The monoisotopic (exact) mass is 187 g/mol. The van der Waals surface area contributed by atoms with Crippen molar-refractivity contribution in [1.82, 2.24) is 4.98 Å². The third kappa shape index (κ3) is 2.01. The second-order valence-electron chi connectivity index (χ2n) is 2.25. The molecular formula is C8H10ClNO2. The number of esters is 1. The van der Waals surface area contributed by atoms with Crippen LogP contribution in [-0.2, 0) is 10.6 Å². The quantitative estimate of drug-likeness (QED) is 0.581. The number of hydrogen-bond acceptors (Lipinski definition) is 2. The molecule has 0 spiro atoms. The van der Waals surface area contributed by atoms with Crippen LogP contribution in [0.5, 0.6) is 0 Å². The Morgan fingerprint density at radius 1 is 1.67 bits per heavy atom. The van der Waals surface area contributed by atoms with Crippen molar-refractivity contribution < 1.29 is 9.53 Å². The van der Waals surface area contributed by atoms with Crippen LogP contribution in [-0.4, -0.2) is 17.6 Å². The van der Waals surface area contributed by atoms with E-state index in [1.807, 2.05) is 0 Å². The molecule has 0 radical (unpaired) electrons. The number of H-pyrrole nitrogens is 1. The van der Waals surface area contributed by atoms with Crippen molar-refractivity contribution in [2.24, 2.45) is 0 Å². The highest BCUT2D eigenvalue weighted by molar-refractivity contribution is 6.16. The van der Waals surface area contributed by atoms with Crippen molar-refractivity contribution in [3.05, 3.63) is 23.5 Å². The van der Waals surface area contributed by atoms with Crippen molar-refractivity contribution in [2.75, 3.05) is 6.61 Å². The summed E-state index contributed by atoms with van der Waals surface area (Å²) in [5.74, 6) is 0.0354. The predicted octanol–water partition coefficient (Wildman–Crippen LogP) is 1.93. The van der Waals surface area contributed by atoms with Crippen LogP contribution in [0.1, 0.15) is 23.1 Å². The molecule has 0 aliphatic rings. The predicted molar refractivity (Wildman–Crippen MR) is 46.3 cm³/mol. The highest BCUT2D eigenvalue weighted by Crippen LogP contribution is 2.05. The van der Waals surface area contributed by atoms with Gasteiger partial charge in [-0.05, 0) is 19.1 Å². The van der Waals surface area contributed by atoms with Crippen LogP contribution >= 0.6 is 11.6 Å². The molecule has 0 fully saturated rings. The smallest absolute Gasteiger partial charge is 0.354 e. The highest BCUT2D eigenvalue weighted by Gasteiger charge is 2.07. The molecule has 66 valence electrons. The fourth-order valence-corrected chi connectivity index (χ4v) is 1.00. The Labute approximate surface area is 75.7 Å². The van der Waals surface area contributed by atoms with E-state index in [2.05, 4.69) is 4.98 Å². The van der Waals surface area contributed by atoms with E-state index >= 15 is 0 Å². The largest absolute Gasteiger partial charge is 0.461 e. The van der Waals surface area contributed by atoms with Crippen LogP contribution in [0.15, 0.2) is 12.1 Å². The number of aromatic nitrogens is 1. The van der Waals surface area contributed by atoms with Crippen molar-refractivity contribution in [1.29, 1.82) is 0 Å². The Kier molecular flexibility index (Phi) is 3.17. The zero-order valence-electron chi connectivity index (χ0n) is 6.76. The third-order valence-corrected chi connectivity index (χ3v) is 1.67. The standard InChI is InChI=1S/C8H10ClNO2/c1-2-12-8(11)7-4-3-6(5-9)10-7/h3-4,10H,2,5H2,1H3. The molecular weight excluding hydrogens is 178 g/mol. The normalized spacial score (nSPS) is 9.83. The molecule has 0 unspecified atom stereocenters. The average Bonchev–Trinajstić information content (AvgIpc) is 2.52.